The highest BCUT2D eigenvalue weighted by Gasteiger charge is 2.44. The highest BCUT2D eigenvalue weighted by Crippen LogP contribution is 2.39. The Balaban J connectivity index is 1.80. The third kappa shape index (κ3) is 4.33. The van der Waals surface area contributed by atoms with Crippen LogP contribution in [0.25, 0.3) is 22.3 Å². The summed E-state index contributed by atoms with van der Waals surface area (Å²) in [6.07, 6.45) is -7.65. The van der Waals surface area contributed by atoms with Crippen LogP contribution in [0.15, 0.2) is 39.5 Å². The van der Waals surface area contributed by atoms with Gasteiger partial charge in [0.2, 0.25) is 17.5 Å². The SMILES string of the molecule is COc1cc(-c2oc3cc(O[C@@H]4OC(CO)[C@@H](O)[C@H](O)C4O)cc(O)c3c(=O)c2OC)ccc1O. The van der Waals surface area contributed by atoms with Gasteiger partial charge >= 0.3 is 0 Å². The van der Waals surface area contributed by atoms with Crippen molar-refractivity contribution in [3.8, 4) is 40.1 Å². The number of hydrogen-bond donors (Lipinski definition) is 6. The highest BCUT2D eigenvalue weighted by atomic mass is 16.7. The van der Waals surface area contributed by atoms with Crippen molar-refractivity contribution in [3.63, 3.8) is 0 Å². The van der Waals surface area contributed by atoms with Gasteiger partial charge in [-0.2, -0.15) is 0 Å². The zero-order valence-electron chi connectivity index (χ0n) is 18.6. The van der Waals surface area contributed by atoms with Crippen LogP contribution >= 0.6 is 0 Å². The van der Waals surface area contributed by atoms with Gasteiger partial charge in [-0.15, -0.1) is 0 Å². The van der Waals surface area contributed by atoms with Crippen molar-refractivity contribution in [1.82, 2.24) is 0 Å². The molecule has 2 aromatic carbocycles. The standard InChI is InChI=1S/C23H24O12/c1-31-13-5-9(3-4-11(13)25)21-22(32-2)18(28)16-12(26)6-10(7-14(16)34-21)33-23-20(30)19(29)17(27)15(8-24)35-23/h3-7,15,17,19-20,23-27,29-30H,8H2,1-2H3/t15?,17-,19+,20?,23-/m1/s1. The molecular formula is C23H24O12. The van der Waals surface area contributed by atoms with Crippen molar-refractivity contribution in [2.24, 2.45) is 0 Å². The summed E-state index contributed by atoms with van der Waals surface area (Å²) in [7, 11) is 2.61. The van der Waals surface area contributed by atoms with Gasteiger partial charge in [-0.25, -0.2) is 0 Å². The molecular weight excluding hydrogens is 468 g/mol. The maximum atomic E-state index is 13.1. The second-order valence-corrected chi connectivity index (χ2v) is 7.81. The zero-order chi connectivity index (χ0) is 25.4. The fraction of sp³-hybridized carbons (Fsp3) is 0.348. The van der Waals surface area contributed by atoms with E-state index in [1.165, 1.54) is 38.5 Å². The molecule has 12 heteroatoms. The molecule has 0 aliphatic carbocycles. The first-order valence-electron chi connectivity index (χ1n) is 10.4. The van der Waals surface area contributed by atoms with Crippen molar-refractivity contribution >= 4 is 11.0 Å². The summed E-state index contributed by atoms with van der Waals surface area (Å²) in [6, 6.07) is 6.56. The van der Waals surface area contributed by atoms with E-state index >= 15 is 0 Å². The molecule has 1 fully saturated rings. The van der Waals surface area contributed by atoms with Gasteiger partial charge in [0.1, 0.15) is 46.9 Å². The molecule has 2 heterocycles. The topological polar surface area (TPSA) is 189 Å². The molecule has 0 amide bonds. The third-order valence-electron chi connectivity index (χ3n) is 5.65. The second-order valence-electron chi connectivity index (χ2n) is 7.81. The normalized spacial score (nSPS) is 24.3. The van der Waals surface area contributed by atoms with Gasteiger partial charge in [0.15, 0.2) is 17.3 Å². The molecule has 6 N–H and O–H groups in total. The van der Waals surface area contributed by atoms with Crippen molar-refractivity contribution in [2.45, 2.75) is 30.7 Å². The van der Waals surface area contributed by atoms with Crippen LogP contribution in [0.5, 0.6) is 28.7 Å². The minimum absolute atomic E-state index is 0.0207. The first kappa shape index (κ1) is 24.6. The van der Waals surface area contributed by atoms with E-state index < -0.39 is 48.5 Å². The van der Waals surface area contributed by atoms with Crippen molar-refractivity contribution in [3.05, 3.63) is 40.6 Å². The number of aliphatic hydroxyl groups excluding tert-OH is 4. The molecule has 12 nitrogen and oxygen atoms in total. The fourth-order valence-corrected chi connectivity index (χ4v) is 3.82. The molecule has 0 radical (unpaired) electrons. The number of phenolic OH excluding ortho intramolecular Hbond substituents is 2. The third-order valence-corrected chi connectivity index (χ3v) is 5.65. The summed E-state index contributed by atoms with van der Waals surface area (Å²) in [5.74, 6) is -0.872. The molecule has 35 heavy (non-hydrogen) atoms. The number of hydrogen-bond acceptors (Lipinski definition) is 12. The van der Waals surface area contributed by atoms with Crippen molar-refractivity contribution < 1.29 is 54.0 Å². The minimum Gasteiger partial charge on any atom is -0.507 e. The lowest BCUT2D eigenvalue weighted by molar-refractivity contribution is -0.277. The Labute approximate surface area is 197 Å². The predicted molar refractivity (Wildman–Crippen MR) is 119 cm³/mol. The van der Waals surface area contributed by atoms with Crippen LogP contribution in [-0.2, 0) is 4.74 Å². The van der Waals surface area contributed by atoms with Gasteiger partial charge in [0, 0.05) is 17.7 Å². The molecule has 1 aromatic heterocycles. The van der Waals surface area contributed by atoms with E-state index in [4.69, 9.17) is 23.4 Å². The molecule has 5 atom stereocenters. The minimum atomic E-state index is -1.69. The molecule has 1 aliphatic heterocycles. The van der Waals surface area contributed by atoms with Gasteiger partial charge < -0.3 is 54.0 Å². The molecule has 0 spiro atoms. The van der Waals surface area contributed by atoms with Crippen LogP contribution in [0, 0.1) is 0 Å². The van der Waals surface area contributed by atoms with E-state index in [9.17, 15) is 35.4 Å². The van der Waals surface area contributed by atoms with Crippen molar-refractivity contribution in [2.75, 3.05) is 20.8 Å². The van der Waals surface area contributed by atoms with Gasteiger partial charge in [0.05, 0.1) is 20.8 Å². The van der Waals surface area contributed by atoms with Gasteiger partial charge in [0.25, 0.3) is 0 Å². The lowest BCUT2D eigenvalue weighted by atomic mass is 9.99. The van der Waals surface area contributed by atoms with E-state index in [1.54, 1.807) is 0 Å². The second kappa shape index (κ2) is 9.60. The Bertz CT molecular complexity index is 1280. The molecule has 1 aliphatic rings. The van der Waals surface area contributed by atoms with Crippen LogP contribution in [0.1, 0.15) is 0 Å². The Morgan fingerprint density at radius 3 is 2.34 bits per heavy atom. The fourth-order valence-electron chi connectivity index (χ4n) is 3.82. The average molecular weight is 492 g/mol. The molecule has 2 unspecified atom stereocenters. The number of aliphatic hydroxyl groups is 4. The van der Waals surface area contributed by atoms with Crippen LogP contribution < -0.4 is 19.6 Å². The summed E-state index contributed by atoms with van der Waals surface area (Å²) in [6.45, 7) is -0.651. The zero-order valence-corrected chi connectivity index (χ0v) is 18.6. The highest BCUT2D eigenvalue weighted by molar-refractivity contribution is 5.88. The first-order valence-corrected chi connectivity index (χ1v) is 10.4. The van der Waals surface area contributed by atoms with Gasteiger partial charge in [-0.3, -0.25) is 4.79 Å². The number of methoxy groups -OCH3 is 2. The number of rotatable bonds is 6. The lowest BCUT2D eigenvalue weighted by Gasteiger charge is -2.39. The summed E-state index contributed by atoms with van der Waals surface area (Å²) in [4.78, 5) is 13.1. The Hall–Kier alpha value is -3.55. The Kier molecular flexibility index (Phi) is 6.74. The number of aromatic hydroxyl groups is 2. The van der Waals surface area contributed by atoms with Crippen molar-refractivity contribution in [1.29, 1.82) is 0 Å². The average Bonchev–Trinajstić information content (AvgIpc) is 2.84. The molecule has 1 saturated heterocycles. The summed E-state index contributed by atoms with van der Waals surface area (Å²) in [5.41, 5.74) is -0.472. The molecule has 0 saturated carbocycles. The Morgan fingerprint density at radius 2 is 1.69 bits per heavy atom. The number of benzene rings is 2. The lowest BCUT2D eigenvalue weighted by Crippen LogP contribution is -2.60. The Morgan fingerprint density at radius 1 is 0.943 bits per heavy atom. The van der Waals surface area contributed by atoms with Gasteiger partial charge in [-0.1, -0.05) is 0 Å². The maximum absolute atomic E-state index is 13.1. The van der Waals surface area contributed by atoms with Crippen LogP contribution in [-0.4, -0.2) is 82.2 Å². The predicted octanol–water partition coefficient (Wildman–Crippen LogP) is 0.0671. The van der Waals surface area contributed by atoms with Crippen LogP contribution in [0.3, 0.4) is 0 Å². The molecule has 0 bridgehead atoms. The van der Waals surface area contributed by atoms with E-state index in [1.807, 2.05) is 0 Å². The quantitative estimate of drug-likeness (QED) is 0.272. The summed E-state index contributed by atoms with van der Waals surface area (Å²) < 4.78 is 27.1. The smallest absolute Gasteiger partial charge is 0.239 e. The van der Waals surface area contributed by atoms with E-state index in [2.05, 4.69) is 0 Å². The van der Waals surface area contributed by atoms with Crippen LogP contribution in [0.2, 0.25) is 0 Å². The molecule has 4 rings (SSSR count). The van der Waals surface area contributed by atoms with Crippen LogP contribution in [0.4, 0.5) is 0 Å². The molecule has 3 aromatic rings. The summed E-state index contributed by atoms with van der Waals surface area (Å²) >= 11 is 0. The number of ether oxygens (including phenoxy) is 4. The monoisotopic (exact) mass is 492 g/mol. The molecule has 188 valence electrons. The largest absolute Gasteiger partial charge is 0.507 e. The summed E-state index contributed by atoms with van der Waals surface area (Å²) in [5, 5.41) is 59.7. The maximum Gasteiger partial charge on any atom is 0.239 e. The van der Waals surface area contributed by atoms with E-state index in [0.717, 1.165) is 6.07 Å². The van der Waals surface area contributed by atoms with E-state index in [0.29, 0.717) is 5.56 Å². The first-order chi connectivity index (χ1) is 16.7. The number of fused-ring (bicyclic) bond motifs is 1. The number of phenols is 2. The van der Waals surface area contributed by atoms with E-state index in [-0.39, 0.29) is 39.7 Å². The van der Waals surface area contributed by atoms with Gasteiger partial charge in [-0.05, 0) is 18.2 Å².